The molecule has 0 heterocycles. The molecule has 0 bridgehead atoms. The zero-order valence-corrected chi connectivity index (χ0v) is 8.78. The molecule has 1 aliphatic rings. The van der Waals surface area contributed by atoms with Gasteiger partial charge in [0, 0.05) is 17.2 Å². The van der Waals surface area contributed by atoms with Gasteiger partial charge in [-0.3, -0.25) is 14.8 Å². The van der Waals surface area contributed by atoms with Crippen LogP contribution in [0.25, 0.3) is 4.91 Å². The molecule has 0 fully saturated rings. The Morgan fingerprint density at radius 3 is 2.25 bits per heavy atom. The van der Waals surface area contributed by atoms with Gasteiger partial charge in [0.2, 0.25) is 5.78 Å². The SMILES string of the molecule is N=C1C(=O)C=C(S(=O)(=O)O)c2ccccc21. The second kappa shape index (κ2) is 3.36. The molecule has 2 rings (SSSR count). The third-order valence-electron chi connectivity index (χ3n) is 2.25. The Labute approximate surface area is 91.7 Å². The summed E-state index contributed by atoms with van der Waals surface area (Å²) < 4.78 is 31.1. The maximum Gasteiger partial charge on any atom is 0.295 e. The lowest BCUT2D eigenvalue weighted by atomic mass is 9.95. The fraction of sp³-hybridized carbons (Fsp3) is 0. The maximum absolute atomic E-state index is 11.3. The van der Waals surface area contributed by atoms with Crippen LogP contribution in [0.4, 0.5) is 0 Å². The number of ketones is 1. The summed E-state index contributed by atoms with van der Waals surface area (Å²) >= 11 is 0. The van der Waals surface area contributed by atoms with Gasteiger partial charge in [0.15, 0.2) is 0 Å². The van der Waals surface area contributed by atoms with Crippen LogP contribution in [0.1, 0.15) is 11.1 Å². The Morgan fingerprint density at radius 2 is 1.69 bits per heavy atom. The van der Waals surface area contributed by atoms with Crippen molar-refractivity contribution in [2.45, 2.75) is 0 Å². The molecular formula is C10H7NO4S. The number of hydrogen-bond donors (Lipinski definition) is 2. The van der Waals surface area contributed by atoms with Gasteiger partial charge in [0.05, 0.1) is 0 Å². The van der Waals surface area contributed by atoms with E-state index < -0.39 is 20.8 Å². The molecule has 0 atom stereocenters. The average Bonchev–Trinajstić information content (AvgIpc) is 2.22. The largest absolute Gasteiger partial charge is 0.296 e. The van der Waals surface area contributed by atoms with E-state index in [1.807, 2.05) is 0 Å². The third-order valence-corrected chi connectivity index (χ3v) is 3.14. The van der Waals surface area contributed by atoms with Gasteiger partial charge in [-0.25, -0.2) is 0 Å². The molecule has 0 unspecified atom stereocenters. The number of allylic oxidation sites excluding steroid dienone is 1. The molecule has 2 N–H and O–H groups in total. The van der Waals surface area contributed by atoms with Crippen LogP contribution in [0, 0.1) is 5.41 Å². The summed E-state index contributed by atoms with van der Waals surface area (Å²) in [6, 6.07) is 6.07. The molecule has 1 aromatic rings. The van der Waals surface area contributed by atoms with Crippen molar-refractivity contribution in [3.8, 4) is 0 Å². The highest BCUT2D eigenvalue weighted by Gasteiger charge is 2.28. The fourth-order valence-corrected chi connectivity index (χ4v) is 2.24. The van der Waals surface area contributed by atoms with Crippen molar-refractivity contribution in [3.63, 3.8) is 0 Å². The van der Waals surface area contributed by atoms with E-state index in [1.165, 1.54) is 12.1 Å². The molecule has 0 amide bonds. The molecule has 0 saturated carbocycles. The first-order chi connectivity index (χ1) is 7.41. The lowest BCUT2D eigenvalue weighted by molar-refractivity contribution is -0.108. The first kappa shape index (κ1) is 10.7. The minimum absolute atomic E-state index is 0.176. The molecule has 0 aliphatic heterocycles. The summed E-state index contributed by atoms with van der Waals surface area (Å²) in [7, 11) is -4.45. The summed E-state index contributed by atoms with van der Waals surface area (Å²) in [6.07, 6.45) is 0.764. The van der Waals surface area contributed by atoms with Crippen LogP contribution >= 0.6 is 0 Å². The van der Waals surface area contributed by atoms with Gasteiger partial charge in [-0.05, 0) is 0 Å². The second-order valence-electron chi connectivity index (χ2n) is 3.27. The van der Waals surface area contributed by atoms with Crippen LogP contribution in [-0.2, 0) is 14.9 Å². The van der Waals surface area contributed by atoms with Gasteiger partial charge in [-0.2, -0.15) is 8.42 Å². The average molecular weight is 237 g/mol. The Hall–Kier alpha value is -1.79. The molecule has 0 saturated heterocycles. The van der Waals surface area contributed by atoms with E-state index in [0.717, 1.165) is 6.08 Å². The molecule has 1 aromatic carbocycles. The van der Waals surface area contributed by atoms with Crippen molar-refractivity contribution in [1.82, 2.24) is 0 Å². The van der Waals surface area contributed by atoms with Crippen molar-refractivity contribution in [1.29, 1.82) is 5.41 Å². The van der Waals surface area contributed by atoms with Gasteiger partial charge in [-0.15, -0.1) is 0 Å². The van der Waals surface area contributed by atoms with E-state index in [4.69, 9.17) is 9.96 Å². The van der Waals surface area contributed by atoms with Crippen LogP contribution < -0.4 is 0 Å². The lowest BCUT2D eigenvalue weighted by Gasteiger charge is -2.14. The van der Waals surface area contributed by atoms with E-state index in [0.29, 0.717) is 0 Å². The maximum atomic E-state index is 11.3. The topological polar surface area (TPSA) is 95.3 Å². The van der Waals surface area contributed by atoms with Gasteiger partial charge < -0.3 is 0 Å². The quantitative estimate of drug-likeness (QED) is 0.708. The number of rotatable bonds is 1. The number of benzene rings is 1. The van der Waals surface area contributed by atoms with Gasteiger partial charge in [-0.1, -0.05) is 24.3 Å². The Bertz CT molecular complexity index is 628. The zero-order valence-electron chi connectivity index (χ0n) is 7.97. The Balaban J connectivity index is 2.80. The molecule has 16 heavy (non-hydrogen) atoms. The van der Waals surface area contributed by atoms with Crippen molar-refractivity contribution in [2.24, 2.45) is 0 Å². The Morgan fingerprint density at radius 1 is 1.12 bits per heavy atom. The minimum atomic E-state index is -4.45. The van der Waals surface area contributed by atoms with Gasteiger partial charge in [0.25, 0.3) is 10.1 Å². The highest BCUT2D eigenvalue weighted by Crippen LogP contribution is 2.28. The van der Waals surface area contributed by atoms with Crippen LogP contribution in [0.5, 0.6) is 0 Å². The molecule has 6 heteroatoms. The highest BCUT2D eigenvalue weighted by molar-refractivity contribution is 7.95. The summed E-state index contributed by atoms with van der Waals surface area (Å²) in [5.41, 5.74) is 0.111. The van der Waals surface area contributed by atoms with Crippen molar-refractivity contribution < 1.29 is 17.8 Å². The summed E-state index contributed by atoms with van der Waals surface area (Å²) in [5.74, 6) is -0.730. The van der Waals surface area contributed by atoms with Gasteiger partial charge in [0.1, 0.15) is 10.6 Å². The number of carbonyl (C=O) groups excluding carboxylic acids is 1. The first-order valence-corrected chi connectivity index (χ1v) is 5.77. The Kier molecular flexibility index (Phi) is 2.25. The van der Waals surface area contributed by atoms with Gasteiger partial charge >= 0.3 is 0 Å². The van der Waals surface area contributed by atoms with Crippen molar-refractivity contribution >= 4 is 26.5 Å². The first-order valence-electron chi connectivity index (χ1n) is 4.33. The van der Waals surface area contributed by atoms with E-state index in [-0.39, 0.29) is 16.8 Å². The van der Waals surface area contributed by atoms with Crippen molar-refractivity contribution in [2.75, 3.05) is 0 Å². The zero-order chi connectivity index (χ0) is 11.9. The normalized spacial score (nSPS) is 15.7. The molecular weight excluding hydrogens is 230 g/mol. The number of nitrogens with one attached hydrogen (secondary N) is 1. The minimum Gasteiger partial charge on any atom is -0.296 e. The molecule has 1 aliphatic carbocycles. The molecule has 0 radical (unpaired) electrons. The monoisotopic (exact) mass is 237 g/mol. The predicted octanol–water partition coefficient (Wildman–Crippen LogP) is 0.866. The third kappa shape index (κ3) is 1.58. The molecule has 0 spiro atoms. The molecule has 0 aromatic heterocycles. The second-order valence-corrected chi connectivity index (χ2v) is 4.66. The standard InChI is InChI=1S/C10H7NO4S/c11-10-7-4-2-1-3-6(7)9(5-8(10)12)16(13,14)15/h1-5,11H,(H,13,14,15). The fourth-order valence-electron chi connectivity index (χ4n) is 1.53. The molecule has 5 nitrogen and oxygen atoms in total. The number of carbonyl (C=O) groups is 1. The van der Waals surface area contributed by atoms with E-state index in [1.54, 1.807) is 12.1 Å². The van der Waals surface area contributed by atoms with E-state index >= 15 is 0 Å². The summed E-state index contributed by atoms with van der Waals surface area (Å²) in [6.45, 7) is 0. The van der Waals surface area contributed by atoms with Crippen LogP contribution in [-0.4, -0.2) is 24.5 Å². The highest BCUT2D eigenvalue weighted by atomic mass is 32.2. The smallest absolute Gasteiger partial charge is 0.295 e. The molecule has 82 valence electrons. The number of hydrogen-bond acceptors (Lipinski definition) is 4. The van der Waals surface area contributed by atoms with E-state index in [2.05, 4.69) is 0 Å². The number of fused-ring (bicyclic) bond motifs is 1. The van der Waals surface area contributed by atoms with Crippen molar-refractivity contribution in [3.05, 3.63) is 41.5 Å². The predicted molar refractivity (Wildman–Crippen MR) is 57.8 cm³/mol. The van der Waals surface area contributed by atoms with Crippen LogP contribution in [0.15, 0.2) is 30.3 Å². The lowest BCUT2D eigenvalue weighted by Crippen LogP contribution is -2.21. The van der Waals surface area contributed by atoms with Crippen LogP contribution in [0.3, 0.4) is 0 Å². The summed E-state index contributed by atoms with van der Waals surface area (Å²) in [5, 5.41) is 7.50. The van der Waals surface area contributed by atoms with Crippen LogP contribution in [0.2, 0.25) is 0 Å². The summed E-state index contributed by atoms with van der Waals surface area (Å²) in [4.78, 5) is 10.9. The van der Waals surface area contributed by atoms with E-state index in [9.17, 15) is 13.2 Å².